The molecule has 0 amide bonds. The van der Waals surface area contributed by atoms with Gasteiger partial charge in [-0.3, -0.25) is 19.7 Å². The van der Waals surface area contributed by atoms with Crippen LogP contribution in [-0.4, -0.2) is 21.1 Å². The highest BCUT2D eigenvalue weighted by Gasteiger charge is 2.43. The summed E-state index contributed by atoms with van der Waals surface area (Å²) in [5, 5.41) is 11.0. The van der Waals surface area contributed by atoms with E-state index in [4.69, 9.17) is 0 Å². The number of nitrogens with zero attached hydrogens (tertiary/aromatic N) is 3. The highest BCUT2D eigenvalue weighted by molar-refractivity contribution is 6.26. The normalized spacial score (nSPS) is 12.0. The zero-order valence-electron chi connectivity index (χ0n) is 17.6. The second kappa shape index (κ2) is 8.55. The number of nitro groups is 1. The lowest BCUT2D eigenvalue weighted by molar-refractivity contribution is -0.695. The van der Waals surface area contributed by atoms with Gasteiger partial charge in [0.05, 0.1) is 4.92 Å². The number of para-hydroxylation sites is 1. The van der Waals surface area contributed by atoms with E-state index in [2.05, 4.69) is 0 Å². The SMILES string of the molecule is Cc1n(-c2ccccc2)c2c([n+]1Cc1ccc([N+](=O)[O-])cc1)C(=O)c1ccccc1C2=O.[Br-]. The van der Waals surface area contributed by atoms with Crippen LogP contribution in [0.1, 0.15) is 43.5 Å². The molecule has 1 aliphatic rings. The molecule has 0 radical (unpaired) electrons. The lowest BCUT2D eigenvalue weighted by Crippen LogP contribution is -3.00. The van der Waals surface area contributed by atoms with Gasteiger partial charge in [0.2, 0.25) is 23.0 Å². The molecular formula is C25H18BrN3O4. The lowest BCUT2D eigenvalue weighted by atomic mass is 9.89. The van der Waals surface area contributed by atoms with E-state index in [1.807, 2.05) is 46.4 Å². The van der Waals surface area contributed by atoms with Gasteiger partial charge in [-0.1, -0.05) is 42.5 Å². The molecule has 33 heavy (non-hydrogen) atoms. The van der Waals surface area contributed by atoms with Gasteiger partial charge in [0, 0.05) is 30.2 Å². The Morgan fingerprint density at radius 1 is 0.848 bits per heavy atom. The predicted octanol–water partition coefficient (Wildman–Crippen LogP) is 0.809. The minimum atomic E-state index is -0.449. The molecule has 1 aromatic heterocycles. The second-order valence-corrected chi connectivity index (χ2v) is 7.63. The summed E-state index contributed by atoms with van der Waals surface area (Å²) in [4.78, 5) is 37.6. The molecule has 0 N–H and O–H groups in total. The van der Waals surface area contributed by atoms with Crippen LogP contribution in [0.5, 0.6) is 0 Å². The van der Waals surface area contributed by atoms with Crippen molar-refractivity contribution in [1.82, 2.24) is 4.57 Å². The molecule has 1 heterocycles. The molecule has 0 spiro atoms. The zero-order valence-corrected chi connectivity index (χ0v) is 19.2. The Hall–Kier alpha value is -3.91. The topological polar surface area (TPSA) is 86.1 Å². The quantitative estimate of drug-likeness (QED) is 0.206. The van der Waals surface area contributed by atoms with Gasteiger partial charge in [-0.15, -0.1) is 0 Å². The van der Waals surface area contributed by atoms with Crippen molar-refractivity contribution in [3.8, 4) is 5.69 Å². The number of aromatic nitrogens is 2. The number of nitro benzene ring substituents is 1. The van der Waals surface area contributed by atoms with Crippen molar-refractivity contribution < 1.29 is 36.1 Å². The molecule has 1 aliphatic carbocycles. The Morgan fingerprint density at radius 3 is 2.03 bits per heavy atom. The molecule has 0 bridgehead atoms. The maximum absolute atomic E-state index is 13.5. The Labute approximate surface area is 199 Å². The zero-order chi connectivity index (χ0) is 22.4. The van der Waals surface area contributed by atoms with Crippen LogP contribution in [0.15, 0.2) is 78.9 Å². The Morgan fingerprint density at radius 2 is 1.42 bits per heavy atom. The fourth-order valence-electron chi connectivity index (χ4n) is 4.24. The molecule has 7 nitrogen and oxygen atoms in total. The molecular weight excluding hydrogens is 486 g/mol. The average molecular weight is 504 g/mol. The molecule has 0 aliphatic heterocycles. The Bertz CT molecular complexity index is 1410. The molecule has 0 atom stereocenters. The third-order valence-electron chi connectivity index (χ3n) is 5.78. The lowest BCUT2D eigenvalue weighted by Gasteiger charge is -2.13. The van der Waals surface area contributed by atoms with E-state index in [-0.39, 0.29) is 34.2 Å². The van der Waals surface area contributed by atoms with Crippen LogP contribution >= 0.6 is 0 Å². The van der Waals surface area contributed by atoms with Crippen molar-refractivity contribution in [1.29, 1.82) is 0 Å². The fraction of sp³-hybridized carbons (Fsp3) is 0.0800. The molecule has 8 heteroatoms. The van der Waals surface area contributed by atoms with Crippen molar-refractivity contribution in [2.45, 2.75) is 13.5 Å². The number of rotatable bonds is 4. The number of benzene rings is 3. The van der Waals surface area contributed by atoms with E-state index in [1.165, 1.54) is 12.1 Å². The molecule has 5 rings (SSSR count). The van der Waals surface area contributed by atoms with E-state index in [0.29, 0.717) is 34.9 Å². The van der Waals surface area contributed by atoms with Crippen molar-refractivity contribution in [3.63, 3.8) is 0 Å². The van der Waals surface area contributed by atoms with Crippen LogP contribution < -0.4 is 21.5 Å². The van der Waals surface area contributed by atoms with Crippen LogP contribution in [0, 0.1) is 17.0 Å². The molecule has 0 saturated heterocycles. The molecule has 0 saturated carbocycles. The molecule has 164 valence electrons. The smallest absolute Gasteiger partial charge is 0.269 e. The van der Waals surface area contributed by atoms with E-state index >= 15 is 0 Å². The largest absolute Gasteiger partial charge is 1.00 e. The summed E-state index contributed by atoms with van der Waals surface area (Å²) in [5.74, 6) is 0.300. The Kier molecular flexibility index (Phi) is 5.78. The van der Waals surface area contributed by atoms with E-state index < -0.39 is 4.92 Å². The molecule has 3 aromatic carbocycles. The summed E-state index contributed by atoms with van der Waals surface area (Å²) in [6.45, 7) is 2.16. The maximum atomic E-state index is 13.5. The van der Waals surface area contributed by atoms with E-state index in [1.54, 1.807) is 36.4 Å². The monoisotopic (exact) mass is 503 g/mol. The van der Waals surface area contributed by atoms with Crippen molar-refractivity contribution in [3.05, 3.63) is 123 Å². The van der Waals surface area contributed by atoms with Crippen molar-refractivity contribution in [2.24, 2.45) is 0 Å². The van der Waals surface area contributed by atoms with Gasteiger partial charge in [-0.05, 0) is 29.8 Å². The van der Waals surface area contributed by atoms with Crippen LogP contribution in [-0.2, 0) is 6.54 Å². The van der Waals surface area contributed by atoms with Gasteiger partial charge in [0.1, 0.15) is 12.2 Å². The standard InChI is InChI=1S/C25H18N3O4.BrH/c1-16-26(15-17-11-13-19(14-12-17)28(31)32)22-23(27(16)18-7-3-2-4-8-18)25(30)21-10-6-5-9-20(21)24(22)29;/h2-14H,15H2,1H3;1H/q+1;/p-1. The highest BCUT2D eigenvalue weighted by Crippen LogP contribution is 2.29. The molecule has 4 aromatic rings. The van der Waals surface area contributed by atoms with Gasteiger partial charge >= 0.3 is 0 Å². The first kappa shape index (κ1) is 22.3. The van der Waals surface area contributed by atoms with Gasteiger partial charge in [0.25, 0.3) is 11.5 Å². The number of ketones is 2. The second-order valence-electron chi connectivity index (χ2n) is 7.63. The van der Waals surface area contributed by atoms with Crippen LogP contribution in [0.25, 0.3) is 5.69 Å². The third kappa shape index (κ3) is 3.58. The van der Waals surface area contributed by atoms with Crippen molar-refractivity contribution in [2.75, 3.05) is 0 Å². The summed E-state index contributed by atoms with van der Waals surface area (Å²) in [5.41, 5.74) is 3.00. The summed E-state index contributed by atoms with van der Waals surface area (Å²) < 4.78 is 3.64. The van der Waals surface area contributed by atoms with E-state index in [0.717, 1.165) is 11.3 Å². The van der Waals surface area contributed by atoms with Gasteiger partial charge in [-0.25, -0.2) is 4.57 Å². The van der Waals surface area contributed by atoms with Gasteiger partial charge in [-0.2, -0.15) is 4.57 Å². The van der Waals surface area contributed by atoms with E-state index in [9.17, 15) is 19.7 Å². The minimum absolute atomic E-state index is 0. The highest BCUT2D eigenvalue weighted by atomic mass is 79.9. The first-order chi connectivity index (χ1) is 15.5. The predicted molar refractivity (Wildman–Crippen MR) is 116 cm³/mol. The summed E-state index contributed by atoms with van der Waals surface area (Å²) >= 11 is 0. The first-order valence-electron chi connectivity index (χ1n) is 10.1. The van der Waals surface area contributed by atoms with Crippen LogP contribution in [0.2, 0.25) is 0 Å². The fourth-order valence-corrected chi connectivity index (χ4v) is 4.24. The number of non-ortho nitro benzene ring substituents is 1. The first-order valence-corrected chi connectivity index (χ1v) is 10.1. The number of fused-ring (bicyclic) bond motifs is 2. The molecule has 0 unspecified atom stereocenters. The number of halogens is 1. The number of hydrogen-bond donors (Lipinski definition) is 0. The number of hydrogen-bond acceptors (Lipinski definition) is 4. The number of carbonyl (C=O) groups is 2. The summed E-state index contributed by atoms with van der Waals surface area (Å²) in [6.07, 6.45) is 0. The average Bonchev–Trinajstić information content (AvgIpc) is 3.11. The van der Waals surface area contributed by atoms with Crippen LogP contribution in [0.4, 0.5) is 5.69 Å². The maximum Gasteiger partial charge on any atom is 0.269 e. The summed E-state index contributed by atoms with van der Waals surface area (Å²) in [7, 11) is 0. The molecule has 0 fully saturated rings. The number of imidazole rings is 1. The van der Waals surface area contributed by atoms with Crippen LogP contribution in [0.3, 0.4) is 0 Å². The summed E-state index contributed by atoms with van der Waals surface area (Å²) in [6, 6.07) is 22.5. The third-order valence-corrected chi connectivity index (χ3v) is 5.78. The van der Waals surface area contributed by atoms with Crippen molar-refractivity contribution >= 4 is 17.3 Å². The number of carbonyl (C=O) groups excluding carboxylic acids is 2. The Balaban J connectivity index is 0.00000259. The van der Waals surface area contributed by atoms with Gasteiger partial charge in [0.15, 0.2) is 0 Å². The van der Waals surface area contributed by atoms with Gasteiger partial charge < -0.3 is 17.0 Å². The minimum Gasteiger partial charge on any atom is -1.00 e.